The number of nitroso groups, excluding NO2 is 1. The molecule has 1 aliphatic carbocycles. The number of likely N-dealkylation sites (N-methyl/N-ethyl adjacent to an activating group) is 1. The van der Waals surface area contributed by atoms with Crippen molar-refractivity contribution in [3.63, 3.8) is 0 Å². The monoisotopic (exact) mass is 871 g/mol. The standard InChI is InChI=1S/C44H57F4N7O7/c1-26(2)29-12-13-32(31(21-29)33-22-36(43(4,47)48)51-25-50-33)52-42(60)37-27(3)55(54(5)44(41(37)59)15-6-7-16-44)24-30-11-10-28(38(45)39(30)46)9-8-19-62-20-17-49-23-35(58)40(53-61)34(57)14-18-56/h10-13,21-22,25-26,34-35,40,49,56-59H,3,6-9,14-20,23-24H2,1-2,4-5H3,(H,52,60). The summed E-state index contributed by atoms with van der Waals surface area (Å²) in [5.74, 6) is -6.23. The zero-order chi connectivity index (χ0) is 45.4. The molecule has 0 radical (unpaired) electrons. The van der Waals surface area contributed by atoms with E-state index >= 15 is 8.78 Å². The third kappa shape index (κ3) is 10.8. The zero-order valence-electron chi connectivity index (χ0n) is 35.5. The van der Waals surface area contributed by atoms with Crippen LogP contribution in [0.25, 0.3) is 11.3 Å². The van der Waals surface area contributed by atoms with Gasteiger partial charge < -0.3 is 40.8 Å². The topological polar surface area (TPSA) is 193 Å². The molecule has 3 aromatic rings. The number of alkyl halides is 2. The first-order chi connectivity index (χ1) is 29.4. The van der Waals surface area contributed by atoms with Gasteiger partial charge in [0.1, 0.15) is 29.4 Å². The number of aromatic nitrogens is 2. The highest BCUT2D eigenvalue weighted by Crippen LogP contribution is 2.47. The smallest absolute Gasteiger partial charge is 0.287 e. The molecule has 0 saturated heterocycles. The normalized spacial score (nSPS) is 17.2. The van der Waals surface area contributed by atoms with Crippen LogP contribution in [0.2, 0.25) is 0 Å². The van der Waals surface area contributed by atoms with Crippen LogP contribution >= 0.6 is 0 Å². The molecule has 338 valence electrons. The molecule has 6 N–H and O–H groups in total. The number of benzene rings is 2. The lowest BCUT2D eigenvalue weighted by Crippen LogP contribution is -2.58. The van der Waals surface area contributed by atoms with Gasteiger partial charge in [-0.15, -0.1) is 0 Å². The molecule has 2 heterocycles. The van der Waals surface area contributed by atoms with Crippen LogP contribution in [-0.4, -0.2) is 110 Å². The van der Waals surface area contributed by atoms with E-state index in [0.29, 0.717) is 31.4 Å². The summed E-state index contributed by atoms with van der Waals surface area (Å²) in [6.45, 7) is 8.92. The number of aliphatic hydroxyl groups excluding tert-OH is 4. The van der Waals surface area contributed by atoms with Gasteiger partial charge in [-0.1, -0.05) is 56.6 Å². The minimum Gasteiger partial charge on any atom is -0.509 e. The quantitative estimate of drug-likeness (QED) is 0.0394. The number of carbonyl (C=O) groups is 1. The molecule has 2 aliphatic rings. The van der Waals surface area contributed by atoms with E-state index in [9.17, 15) is 33.8 Å². The van der Waals surface area contributed by atoms with Crippen LogP contribution in [0, 0.1) is 16.5 Å². The van der Waals surface area contributed by atoms with E-state index in [4.69, 9.17) is 9.84 Å². The van der Waals surface area contributed by atoms with Crippen LogP contribution < -0.4 is 10.6 Å². The maximum absolute atomic E-state index is 15.9. The summed E-state index contributed by atoms with van der Waals surface area (Å²) in [6.07, 6.45) is 1.36. The highest BCUT2D eigenvalue weighted by molar-refractivity contribution is 6.09. The molecule has 14 nitrogen and oxygen atoms in total. The van der Waals surface area contributed by atoms with Crippen molar-refractivity contribution in [2.45, 2.75) is 108 Å². The minimum absolute atomic E-state index is 0.00666. The highest BCUT2D eigenvalue weighted by Gasteiger charge is 2.51. The summed E-state index contributed by atoms with van der Waals surface area (Å²) >= 11 is 0. The number of rotatable bonds is 21. The van der Waals surface area contributed by atoms with E-state index < -0.39 is 52.9 Å². The first-order valence-electron chi connectivity index (χ1n) is 20.8. The SMILES string of the molecule is C=C1C(C(=O)Nc2ccc(C(C)C)cc2-c2cc(C(C)(F)F)ncn2)=C(O)C2(CCCC2)N(C)N1Cc1ccc(CCCOCCNCC(O)C(N=O)C(O)CCO)c(F)c1F. The molecule has 3 unspecified atom stereocenters. The maximum Gasteiger partial charge on any atom is 0.287 e. The van der Waals surface area contributed by atoms with Gasteiger partial charge in [-0.25, -0.2) is 23.8 Å². The zero-order valence-corrected chi connectivity index (χ0v) is 35.5. The lowest BCUT2D eigenvalue weighted by atomic mass is 9.87. The van der Waals surface area contributed by atoms with Crippen molar-refractivity contribution in [1.29, 1.82) is 0 Å². The molecule has 1 fully saturated rings. The van der Waals surface area contributed by atoms with Crippen LogP contribution in [0.15, 0.2) is 71.5 Å². The molecule has 1 aliphatic heterocycles. The second-order valence-corrected chi connectivity index (χ2v) is 16.3. The number of aryl methyl sites for hydroxylation is 1. The van der Waals surface area contributed by atoms with Gasteiger partial charge in [0.05, 0.1) is 48.0 Å². The fraction of sp³-hybridized carbons (Fsp3) is 0.523. The number of ether oxygens (including phenoxy) is 1. The van der Waals surface area contributed by atoms with Crippen LogP contribution in [0.1, 0.15) is 87.6 Å². The summed E-state index contributed by atoms with van der Waals surface area (Å²) < 4.78 is 65.7. The van der Waals surface area contributed by atoms with Crippen molar-refractivity contribution >= 4 is 11.6 Å². The molecule has 3 atom stereocenters. The number of hydrogen-bond donors (Lipinski definition) is 6. The Bertz CT molecular complexity index is 2090. The van der Waals surface area contributed by atoms with Gasteiger partial charge >= 0.3 is 0 Å². The fourth-order valence-corrected chi connectivity index (χ4v) is 7.98. The molecule has 2 aromatic carbocycles. The first-order valence-corrected chi connectivity index (χ1v) is 20.8. The maximum atomic E-state index is 15.9. The fourth-order valence-electron chi connectivity index (χ4n) is 7.98. The molecule has 1 amide bonds. The van der Waals surface area contributed by atoms with E-state index in [1.54, 1.807) is 35.3 Å². The molecule has 62 heavy (non-hydrogen) atoms. The lowest BCUT2D eigenvalue weighted by Gasteiger charge is -2.50. The number of aliphatic hydroxyl groups is 4. The molecule has 1 spiro atoms. The van der Waals surface area contributed by atoms with Crippen molar-refractivity contribution in [3.05, 3.63) is 105 Å². The second-order valence-electron chi connectivity index (χ2n) is 16.3. The van der Waals surface area contributed by atoms with Crippen molar-refractivity contribution in [3.8, 4) is 11.3 Å². The Balaban J connectivity index is 1.27. The van der Waals surface area contributed by atoms with E-state index in [0.717, 1.165) is 31.7 Å². The molecular formula is C44H57F4N7O7. The highest BCUT2D eigenvalue weighted by atomic mass is 19.3. The third-order valence-corrected chi connectivity index (χ3v) is 11.7. The van der Waals surface area contributed by atoms with Gasteiger partial charge in [0, 0.05) is 51.4 Å². The number of halogens is 4. The van der Waals surface area contributed by atoms with E-state index in [1.165, 1.54) is 18.2 Å². The molecule has 1 saturated carbocycles. The van der Waals surface area contributed by atoms with Gasteiger partial charge in [0.25, 0.3) is 11.8 Å². The van der Waals surface area contributed by atoms with Crippen LogP contribution in [0.5, 0.6) is 0 Å². The number of hydrogen-bond acceptors (Lipinski definition) is 13. The number of nitrogens with one attached hydrogen (secondary N) is 2. The average Bonchev–Trinajstić information content (AvgIpc) is 3.74. The predicted octanol–water partition coefficient (Wildman–Crippen LogP) is 6.37. The summed E-state index contributed by atoms with van der Waals surface area (Å²) in [5, 5.41) is 52.6. The first kappa shape index (κ1) is 48.2. The van der Waals surface area contributed by atoms with Gasteiger partial charge in [0.15, 0.2) is 11.6 Å². The number of nitrogens with zero attached hydrogens (tertiary/aromatic N) is 5. The predicted molar refractivity (Wildman–Crippen MR) is 225 cm³/mol. The van der Waals surface area contributed by atoms with Crippen molar-refractivity contribution < 1.29 is 47.5 Å². The summed E-state index contributed by atoms with van der Waals surface area (Å²) in [6, 6.07) is 8.04. The number of anilines is 1. The number of amides is 1. The molecule has 0 bridgehead atoms. The van der Waals surface area contributed by atoms with Gasteiger partial charge in [-0.2, -0.15) is 13.7 Å². The summed E-state index contributed by atoms with van der Waals surface area (Å²) in [7, 11) is 1.71. The van der Waals surface area contributed by atoms with E-state index in [2.05, 4.69) is 32.4 Å². The van der Waals surface area contributed by atoms with E-state index in [1.807, 2.05) is 13.8 Å². The Morgan fingerprint density at radius 2 is 1.74 bits per heavy atom. The Kier molecular flexibility index (Phi) is 16.3. The van der Waals surface area contributed by atoms with Crippen molar-refractivity contribution in [2.24, 2.45) is 5.18 Å². The largest absolute Gasteiger partial charge is 0.509 e. The van der Waals surface area contributed by atoms with Crippen molar-refractivity contribution in [2.75, 3.05) is 45.3 Å². The lowest BCUT2D eigenvalue weighted by molar-refractivity contribution is -0.116. The second kappa shape index (κ2) is 21.0. The molecule has 18 heteroatoms. The van der Waals surface area contributed by atoms with E-state index in [-0.39, 0.29) is 91.2 Å². The van der Waals surface area contributed by atoms with Gasteiger partial charge in [-0.05, 0) is 67.3 Å². The minimum atomic E-state index is -3.25. The van der Waals surface area contributed by atoms with Crippen LogP contribution in [-0.2, 0) is 28.4 Å². The van der Waals surface area contributed by atoms with Crippen LogP contribution in [0.4, 0.5) is 23.2 Å². The Morgan fingerprint density at radius 3 is 2.40 bits per heavy atom. The average molecular weight is 872 g/mol. The Labute approximate surface area is 358 Å². The Hall–Kier alpha value is -4.85. The summed E-state index contributed by atoms with van der Waals surface area (Å²) in [4.78, 5) is 33.3. The van der Waals surface area contributed by atoms with Gasteiger partial charge in [0.2, 0.25) is 0 Å². The molecule has 5 rings (SSSR count). The van der Waals surface area contributed by atoms with Crippen molar-refractivity contribution in [1.82, 2.24) is 25.3 Å². The number of carbonyl (C=O) groups excluding carboxylic acids is 1. The Morgan fingerprint density at radius 1 is 1.05 bits per heavy atom. The molecule has 1 aromatic heterocycles. The molecular weight excluding hydrogens is 815 g/mol. The third-order valence-electron chi connectivity index (χ3n) is 11.7. The number of hydrazine groups is 1. The van der Waals surface area contributed by atoms with Crippen LogP contribution in [0.3, 0.4) is 0 Å². The summed E-state index contributed by atoms with van der Waals surface area (Å²) in [5.41, 5.74) is 0.107. The van der Waals surface area contributed by atoms with Gasteiger partial charge in [-0.3, -0.25) is 4.79 Å².